The fourth-order valence-corrected chi connectivity index (χ4v) is 7.46. The first-order valence-electron chi connectivity index (χ1n) is 17.5. The lowest BCUT2D eigenvalue weighted by atomic mass is 10.2. The number of primary amides is 1. The fraction of sp³-hybridized carbons (Fsp3) is 0.282. The van der Waals surface area contributed by atoms with E-state index in [9.17, 15) is 4.79 Å². The Bertz CT molecular complexity index is 2030. The van der Waals surface area contributed by atoms with Gasteiger partial charge in [-0.05, 0) is 68.2 Å². The van der Waals surface area contributed by atoms with E-state index in [-0.39, 0.29) is 0 Å². The van der Waals surface area contributed by atoms with Gasteiger partial charge in [-0.15, -0.1) is 0 Å². The number of nitrogens with one attached hydrogen (secondary N) is 1. The van der Waals surface area contributed by atoms with Crippen LogP contribution in [0.1, 0.15) is 21.5 Å². The van der Waals surface area contributed by atoms with Gasteiger partial charge in [-0.25, -0.2) is 9.97 Å². The summed E-state index contributed by atoms with van der Waals surface area (Å²) in [6, 6.07) is 27.0. The summed E-state index contributed by atoms with van der Waals surface area (Å²) < 4.78 is 0. The molecule has 7 rings (SSSR count). The van der Waals surface area contributed by atoms with E-state index in [4.69, 9.17) is 27.6 Å². The van der Waals surface area contributed by atoms with Gasteiger partial charge in [0.1, 0.15) is 11.0 Å². The quantitative estimate of drug-likeness (QED) is 0.160. The van der Waals surface area contributed by atoms with Crippen LogP contribution in [0.2, 0.25) is 5.15 Å². The van der Waals surface area contributed by atoms with Crippen molar-refractivity contribution in [2.75, 3.05) is 81.6 Å². The molecule has 0 radical (unpaired) electrons. The SMILES string of the molecule is CN1CCN(c2ncc(Sc3ccc(C#N)cc3)c(Cl)n2)CC1.CN1CCN(c2ncc(Sc3ccc(C(N)=O)cc3)c(NCc3ccccc3)n2)CC1. The van der Waals surface area contributed by atoms with Crippen molar-refractivity contribution in [2.45, 2.75) is 26.1 Å². The van der Waals surface area contributed by atoms with Gasteiger partial charge in [0.2, 0.25) is 17.8 Å². The minimum Gasteiger partial charge on any atom is -0.366 e. The number of benzene rings is 3. The Balaban J connectivity index is 0.000000193. The van der Waals surface area contributed by atoms with Gasteiger partial charge in [0.05, 0.1) is 21.4 Å². The number of hydrogen-bond donors (Lipinski definition) is 2. The second-order valence-electron chi connectivity index (χ2n) is 12.9. The molecule has 15 heteroatoms. The van der Waals surface area contributed by atoms with Crippen molar-refractivity contribution >= 4 is 58.7 Å². The lowest BCUT2D eigenvalue weighted by Crippen LogP contribution is -2.45. The minimum absolute atomic E-state index is 0.429. The third-order valence-corrected chi connectivity index (χ3v) is 11.3. The van der Waals surface area contributed by atoms with Gasteiger partial charge in [-0.1, -0.05) is 65.5 Å². The van der Waals surface area contributed by atoms with Crippen LogP contribution in [0.15, 0.2) is 111 Å². The van der Waals surface area contributed by atoms with Crippen LogP contribution in [0, 0.1) is 11.3 Å². The maximum absolute atomic E-state index is 11.3. The molecule has 1 amide bonds. The highest BCUT2D eigenvalue weighted by Gasteiger charge is 2.20. The van der Waals surface area contributed by atoms with Crippen molar-refractivity contribution in [1.82, 2.24) is 29.7 Å². The molecule has 54 heavy (non-hydrogen) atoms. The van der Waals surface area contributed by atoms with Crippen LogP contribution in [0.4, 0.5) is 17.7 Å². The zero-order valence-electron chi connectivity index (χ0n) is 30.2. The molecule has 3 N–H and O–H groups in total. The Morgan fingerprint density at radius 1 is 0.759 bits per heavy atom. The van der Waals surface area contributed by atoms with E-state index in [0.29, 0.717) is 28.8 Å². The normalized spacial score (nSPS) is 14.9. The smallest absolute Gasteiger partial charge is 0.248 e. The Morgan fingerprint density at radius 2 is 1.28 bits per heavy atom. The van der Waals surface area contributed by atoms with E-state index in [1.54, 1.807) is 42.2 Å². The number of nitrogens with two attached hydrogens (primary N) is 1. The first-order chi connectivity index (χ1) is 26.2. The van der Waals surface area contributed by atoms with Crippen LogP contribution in [0.5, 0.6) is 0 Å². The molecule has 3 aromatic carbocycles. The van der Waals surface area contributed by atoms with Crippen molar-refractivity contribution < 1.29 is 4.79 Å². The molecule has 2 saturated heterocycles. The zero-order chi connectivity index (χ0) is 37.9. The Morgan fingerprint density at radius 3 is 1.81 bits per heavy atom. The van der Waals surface area contributed by atoms with Gasteiger partial charge in [0, 0.05) is 86.7 Å². The molecule has 0 atom stereocenters. The number of carbonyl (C=O) groups is 1. The van der Waals surface area contributed by atoms with Crippen LogP contribution in [0.3, 0.4) is 0 Å². The summed E-state index contributed by atoms with van der Waals surface area (Å²) in [6.07, 6.45) is 3.65. The maximum Gasteiger partial charge on any atom is 0.248 e. The first kappa shape index (κ1) is 38.8. The summed E-state index contributed by atoms with van der Waals surface area (Å²) in [7, 11) is 4.25. The van der Waals surface area contributed by atoms with E-state index < -0.39 is 5.91 Å². The third kappa shape index (κ3) is 10.8. The van der Waals surface area contributed by atoms with Gasteiger partial charge in [0.15, 0.2) is 0 Å². The minimum atomic E-state index is -0.429. The Hall–Kier alpha value is -4.91. The highest BCUT2D eigenvalue weighted by Crippen LogP contribution is 2.34. The molecular weight excluding hydrogens is 738 g/mol. The average molecular weight is 780 g/mol. The van der Waals surface area contributed by atoms with Crippen molar-refractivity contribution in [2.24, 2.45) is 5.73 Å². The number of nitrogens with zero attached hydrogens (tertiary/aromatic N) is 9. The second-order valence-corrected chi connectivity index (χ2v) is 15.4. The molecule has 2 aliphatic heterocycles. The van der Waals surface area contributed by atoms with E-state index in [1.165, 1.54) is 17.3 Å². The number of likely N-dealkylation sites (N-methyl/N-ethyl adjacent to an activating group) is 2. The van der Waals surface area contributed by atoms with Gasteiger partial charge in [-0.3, -0.25) is 4.79 Å². The predicted octanol–water partition coefficient (Wildman–Crippen LogP) is 6.00. The molecule has 278 valence electrons. The van der Waals surface area contributed by atoms with E-state index in [1.807, 2.05) is 48.7 Å². The van der Waals surface area contributed by atoms with Gasteiger partial charge >= 0.3 is 0 Å². The molecule has 4 heterocycles. The van der Waals surface area contributed by atoms with E-state index >= 15 is 0 Å². The zero-order valence-corrected chi connectivity index (χ0v) is 32.6. The molecule has 0 aliphatic carbocycles. The summed E-state index contributed by atoms with van der Waals surface area (Å²) in [5.74, 6) is 1.81. The largest absolute Gasteiger partial charge is 0.366 e. The van der Waals surface area contributed by atoms with Crippen LogP contribution < -0.4 is 20.9 Å². The topological polar surface area (TPSA) is 143 Å². The molecule has 5 aromatic rings. The Labute approximate surface area is 329 Å². The molecule has 0 unspecified atom stereocenters. The van der Waals surface area contributed by atoms with Crippen LogP contribution >= 0.6 is 35.1 Å². The van der Waals surface area contributed by atoms with Crippen molar-refractivity contribution in [1.29, 1.82) is 5.26 Å². The summed E-state index contributed by atoms with van der Waals surface area (Å²) in [6.45, 7) is 8.33. The van der Waals surface area contributed by atoms with E-state index in [0.717, 1.165) is 83.7 Å². The number of carbonyl (C=O) groups excluding carboxylic acids is 1. The number of piperazine rings is 2. The van der Waals surface area contributed by atoms with E-state index in [2.05, 4.69) is 72.2 Å². The second kappa shape index (κ2) is 18.9. The van der Waals surface area contributed by atoms with Gasteiger partial charge in [-0.2, -0.15) is 15.2 Å². The molecular formula is C39H42ClN11OS2. The summed E-state index contributed by atoms with van der Waals surface area (Å²) >= 11 is 9.38. The van der Waals surface area contributed by atoms with Crippen molar-refractivity contribution in [3.05, 3.63) is 113 Å². The molecule has 2 fully saturated rings. The van der Waals surface area contributed by atoms with Crippen LogP contribution in [-0.2, 0) is 6.54 Å². The van der Waals surface area contributed by atoms with Crippen molar-refractivity contribution in [3.63, 3.8) is 0 Å². The number of rotatable bonds is 10. The molecule has 0 spiro atoms. The summed E-state index contributed by atoms with van der Waals surface area (Å²) in [5, 5.41) is 12.8. The summed E-state index contributed by atoms with van der Waals surface area (Å²) in [4.78, 5) is 42.5. The fourth-order valence-electron chi connectivity index (χ4n) is 5.61. The number of hydrogen-bond acceptors (Lipinski definition) is 13. The molecule has 2 aromatic heterocycles. The monoisotopic (exact) mass is 779 g/mol. The van der Waals surface area contributed by atoms with Crippen molar-refractivity contribution in [3.8, 4) is 6.07 Å². The number of halogens is 1. The standard InChI is InChI=1S/C23H26N6OS.C16H16ClN5S/c1-28-11-13-29(14-12-28)23-26-16-20(31-19-9-7-18(8-10-19)21(24)30)22(27-23)25-15-17-5-3-2-4-6-17;1-21-6-8-22(9-7-21)16-19-11-14(15(17)20-16)23-13-4-2-12(10-18)3-5-13/h2-10,16H,11-15H2,1H3,(H2,24,30)(H,25,26,27);2-5,11H,6-9H2,1H3. The number of amides is 1. The Kier molecular flexibility index (Phi) is 13.6. The molecule has 2 aliphatic rings. The molecule has 0 bridgehead atoms. The van der Waals surface area contributed by atoms with Crippen LogP contribution in [-0.4, -0.2) is 102 Å². The predicted molar refractivity (Wildman–Crippen MR) is 217 cm³/mol. The highest BCUT2D eigenvalue weighted by atomic mass is 35.5. The number of anilines is 3. The van der Waals surface area contributed by atoms with Gasteiger partial charge in [0.25, 0.3) is 0 Å². The average Bonchev–Trinajstić information content (AvgIpc) is 3.20. The first-order valence-corrected chi connectivity index (χ1v) is 19.6. The molecule has 12 nitrogen and oxygen atoms in total. The highest BCUT2D eigenvalue weighted by molar-refractivity contribution is 7.99. The number of aromatic nitrogens is 4. The molecule has 0 saturated carbocycles. The lowest BCUT2D eigenvalue weighted by molar-refractivity contribution is 0.1000. The maximum atomic E-state index is 11.3. The lowest BCUT2D eigenvalue weighted by Gasteiger charge is -2.32. The van der Waals surface area contributed by atoms with Gasteiger partial charge < -0.3 is 30.7 Å². The van der Waals surface area contributed by atoms with Crippen LogP contribution in [0.25, 0.3) is 0 Å². The third-order valence-electron chi connectivity index (χ3n) is 8.89. The summed E-state index contributed by atoms with van der Waals surface area (Å²) in [5.41, 5.74) is 7.67. The number of nitriles is 1.